The van der Waals surface area contributed by atoms with Crippen LogP contribution in [0.5, 0.6) is 0 Å². The number of benzene rings is 1. The Morgan fingerprint density at radius 2 is 1.95 bits per heavy atom. The molecule has 1 aromatic carbocycles. The number of rotatable bonds is 4. The van der Waals surface area contributed by atoms with Crippen LogP contribution in [-0.4, -0.2) is 16.6 Å². The summed E-state index contributed by atoms with van der Waals surface area (Å²) in [5.41, 5.74) is 1.21. The molecule has 0 radical (unpaired) electrons. The minimum absolute atomic E-state index is 0.0784. The summed E-state index contributed by atoms with van der Waals surface area (Å²) in [5.74, 6) is -0.0784. The topological polar surface area (TPSA) is 49.3 Å². The molecule has 104 valence electrons. The van der Waals surface area contributed by atoms with Crippen LogP contribution in [0.25, 0.3) is 0 Å². The van der Waals surface area contributed by atoms with Gasteiger partial charge in [-0.1, -0.05) is 44.4 Å². The fraction of sp³-hybridized carbons (Fsp3) is 0.562. The second-order valence-electron chi connectivity index (χ2n) is 5.52. The molecule has 3 heteroatoms. The van der Waals surface area contributed by atoms with Crippen molar-refractivity contribution in [3.05, 3.63) is 29.8 Å². The van der Waals surface area contributed by atoms with E-state index in [1.54, 1.807) is 0 Å². The van der Waals surface area contributed by atoms with Gasteiger partial charge < -0.3 is 10.4 Å². The highest BCUT2D eigenvalue weighted by atomic mass is 16.3. The summed E-state index contributed by atoms with van der Waals surface area (Å²) in [4.78, 5) is 12.1. The average Bonchev–Trinajstić information content (AvgIpc) is 2.39. The largest absolute Gasteiger partial charge is 0.389 e. The lowest BCUT2D eigenvalue weighted by atomic mass is 9.82. The lowest BCUT2D eigenvalue weighted by Crippen LogP contribution is -2.36. The summed E-state index contributed by atoms with van der Waals surface area (Å²) in [6.07, 6.45) is 5.81. The Kier molecular flexibility index (Phi) is 4.59. The standard InChI is InChI=1S/C16H23NO2/c1-2-13-8-4-5-9-14(13)17-15(18)12-16(19)10-6-3-7-11-16/h4-5,8-9,19H,2-3,6-7,10-12H2,1H3,(H,17,18). The molecule has 0 unspecified atom stereocenters. The molecule has 0 atom stereocenters. The van der Waals surface area contributed by atoms with Crippen LogP contribution in [0.2, 0.25) is 0 Å². The Morgan fingerprint density at radius 1 is 1.26 bits per heavy atom. The lowest BCUT2D eigenvalue weighted by Gasteiger charge is -2.31. The molecule has 1 aliphatic carbocycles. The number of amides is 1. The van der Waals surface area contributed by atoms with E-state index in [0.29, 0.717) is 0 Å². The van der Waals surface area contributed by atoms with Crippen molar-refractivity contribution in [3.8, 4) is 0 Å². The second kappa shape index (κ2) is 6.20. The first-order chi connectivity index (χ1) is 9.13. The fourth-order valence-corrected chi connectivity index (χ4v) is 2.83. The summed E-state index contributed by atoms with van der Waals surface area (Å²) in [7, 11) is 0. The van der Waals surface area contributed by atoms with Crippen LogP contribution in [0, 0.1) is 0 Å². The molecule has 2 N–H and O–H groups in total. The SMILES string of the molecule is CCc1ccccc1NC(=O)CC1(O)CCCCC1. The van der Waals surface area contributed by atoms with E-state index >= 15 is 0 Å². The fourth-order valence-electron chi connectivity index (χ4n) is 2.83. The van der Waals surface area contributed by atoms with Gasteiger partial charge in [-0.15, -0.1) is 0 Å². The number of hydrogen-bond donors (Lipinski definition) is 2. The number of anilines is 1. The third-order valence-corrected chi connectivity index (χ3v) is 3.95. The summed E-state index contributed by atoms with van der Waals surface area (Å²) in [6.45, 7) is 2.07. The maximum Gasteiger partial charge on any atom is 0.227 e. The number of nitrogens with one attached hydrogen (secondary N) is 1. The van der Waals surface area contributed by atoms with Crippen LogP contribution in [0.1, 0.15) is 51.0 Å². The van der Waals surface area contributed by atoms with E-state index in [9.17, 15) is 9.90 Å². The van der Waals surface area contributed by atoms with Crippen molar-refractivity contribution >= 4 is 11.6 Å². The predicted molar refractivity (Wildman–Crippen MR) is 77.1 cm³/mol. The quantitative estimate of drug-likeness (QED) is 0.874. The first kappa shape index (κ1) is 14.1. The monoisotopic (exact) mass is 261 g/mol. The van der Waals surface area contributed by atoms with E-state index in [-0.39, 0.29) is 12.3 Å². The van der Waals surface area contributed by atoms with Crippen LogP contribution in [0.3, 0.4) is 0 Å². The molecule has 1 aromatic rings. The Bertz CT molecular complexity index is 436. The summed E-state index contributed by atoms with van der Waals surface area (Å²) < 4.78 is 0. The Hall–Kier alpha value is -1.35. The van der Waals surface area contributed by atoms with E-state index in [0.717, 1.165) is 43.4 Å². The first-order valence-corrected chi connectivity index (χ1v) is 7.23. The zero-order valence-electron chi connectivity index (χ0n) is 11.6. The summed E-state index contributed by atoms with van der Waals surface area (Å²) in [6, 6.07) is 7.83. The van der Waals surface area contributed by atoms with Gasteiger partial charge in [-0.2, -0.15) is 0 Å². The van der Waals surface area contributed by atoms with E-state index in [2.05, 4.69) is 12.2 Å². The van der Waals surface area contributed by atoms with Gasteiger partial charge in [0.2, 0.25) is 5.91 Å². The van der Waals surface area contributed by atoms with E-state index in [1.165, 1.54) is 6.42 Å². The predicted octanol–water partition coefficient (Wildman–Crippen LogP) is 3.27. The van der Waals surface area contributed by atoms with Gasteiger partial charge in [-0.3, -0.25) is 4.79 Å². The van der Waals surface area contributed by atoms with Gasteiger partial charge in [0, 0.05) is 5.69 Å². The molecule has 0 saturated heterocycles. The van der Waals surface area contributed by atoms with Crippen molar-refractivity contribution < 1.29 is 9.90 Å². The van der Waals surface area contributed by atoms with Crippen LogP contribution in [-0.2, 0) is 11.2 Å². The number of carbonyl (C=O) groups is 1. The Labute approximate surface area is 115 Å². The Morgan fingerprint density at radius 3 is 2.63 bits per heavy atom. The molecule has 0 aliphatic heterocycles. The molecule has 0 bridgehead atoms. The highest BCUT2D eigenvalue weighted by Gasteiger charge is 2.31. The molecule has 2 rings (SSSR count). The zero-order valence-corrected chi connectivity index (χ0v) is 11.6. The number of para-hydroxylation sites is 1. The van der Waals surface area contributed by atoms with Crippen LogP contribution in [0.15, 0.2) is 24.3 Å². The maximum atomic E-state index is 12.1. The molecule has 1 fully saturated rings. The minimum Gasteiger partial charge on any atom is -0.389 e. The second-order valence-corrected chi connectivity index (χ2v) is 5.52. The number of carbonyl (C=O) groups excluding carboxylic acids is 1. The molecule has 19 heavy (non-hydrogen) atoms. The number of aryl methyl sites for hydroxylation is 1. The maximum absolute atomic E-state index is 12.1. The van der Waals surface area contributed by atoms with Gasteiger partial charge in [0.25, 0.3) is 0 Å². The molecule has 0 aromatic heterocycles. The first-order valence-electron chi connectivity index (χ1n) is 7.23. The molecule has 0 spiro atoms. The highest BCUT2D eigenvalue weighted by molar-refractivity contribution is 5.92. The van der Waals surface area contributed by atoms with Crippen molar-refractivity contribution in [1.82, 2.24) is 0 Å². The van der Waals surface area contributed by atoms with Gasteiger partial charge in [0.05, 0.1) is 12.0 Å². The molecule has 3 nitrogen and oxygen atoms in total. The molecule has 1 amide bonds. The van der Waals surface area contributed by atoms with Crippen molar-refractivity contribution in [2.24, 2.45) is 0 Å². The van der Waals surface area contributed by atoms with Crippen molar-refractivity contribution in [1.29, 1.82) is 0 Å². The number of hydrogen-bond acceptors (Lipinski definition) is 2. The molecular weight excluding hydrogens is 238 g/mol. The van der Waals surface area contributed by atoms with Gasteiger partial charge in [0.15, 0.2) is 0 Å². The third kappa shape index (κ3) is 3.80. The Balaban J connectivity index is 1.97. The van der Waals surface area contributed by atoms with Gasteiger partial charge in [-0.05, 0) is 30.9 Å². The summed E-state index contributed by atoms with van der Waals surface area (Å²) >= 11 is 0. The van der Waals surface area contributed by atoms with Gasteiger partial charge >= 0.3 is 0 Å². The molecule has 1 saturated carbocycles. The molecule has 1 aliphatic rings. The molecule has 0 heterocycles. The number of aliphatic hydroxyl groups is 1. The minimum atomic E-state index is -0.788. The zero-order chi connectivity index (χ0) is 13.7. The van der Waals surface area contributed by atoms with Crippen molar-refractivity contribution in [3.63, 3.8) is 0 Å². The average molecular weight is 261 g/mol. The van der Waals surface area contributed by atoms with Crippen molar-refractivity contribution in [2.45, 2.75) is 57.5 Å². The van der Waals surface area contributed by atoms with Crippen molar-refractivity contribution in [2.75, 3.05) is 5.32 Å². The lowest BCUT2D eigenvalue weighted by molar-refractivity contribution is -0.122. The highest BCUT2D eigenvalue weighted by Crippen LogP contribution is 2.31. The normalized spacial score (nSPS) is 18.0. The third-order valence-electron chi connectivity index (χ3n) is 3.95. The smallest absolute Gasteiger partial charge is 0.227 e. The van der Waals surface area contributed by atoms with Crippen LogP contribution in [0.4, 0.5) is 5.69 Å². The van der Waals surface area contributed by atoms with E-state index < -0.39 is 5.60 Å². The van der Waals surface area contributed by atoms with Gasteiger partial charge in [-0.25, -0.2) is 0 Å². The van der Waals surface area contributed by atoms with Crippen LogP contribution >= 0.6 is 0 Å². The van der Waals surface area contributed by atoms with Gasteiger partial charge in [0.1, 0.15) is 0 Å². The van der Waals surface area contributed by atoms with Crippen LogP contribution < -0.4 is 5.32 Å². The molecular formula is C16H23NO2. The van der Waals surface area contributed by atoms with E-state index in [4.69, 9.17) is 0 Å². The van der Waals surface area contributed by atoms with E-state index in [1.807, 2.05) is 24.3 Å². The summed E-state index contributed by atoms with van der Waals surface area (Å²) in [5, 5.41) is 13.3.